The number of rotatable bonds is 2. The molecule has 1 atom stereocenters. The van der Waals surface area contributed by atoms with E-state index in [0.717, 1.165) is 22.4 Å². The van der Waals surface area contributed by atoms with E-state index in [1.165, 1.54) is 23.9 Å². The first kappa shape index (κ1) is 14.1. The van der Waals surface area contributed by atoms with Gasteiger partial charge in [-0.25, -0.2) is 4.39 Å². The number of amides is 1. The average Bonchev–Trinajstić information content (AvgIpc) is 2.79. The summed E-state index contributed by atoms with van der Waals surface area (Å²) in [5, 5.41) is -0.158. The number of hydrogen-bond acceptors (Lipinski definition) is 2. The van der Waals surface area contributed by atoms with Crippen molar-refractivity contribution in [2.24, 2.45) is 0 Å². The molecule has 1 heterocycles. The third kappa shape index (κ3) is 2.81. The molecule has 108 valence electrons. The van der Waals surface area contributed by atoms with Crippen molar-refractivity contribution < 1.29 is 9.18 Å². The van der Waals surface area contributed by atoms with E-state index in [4.69, 9.17) is 0 Å². The van der Waals surface area contributed by atoms with Crippen LogP contribution in [0.3, 0.4) is 0 Å². The molecule has 1 aliphatic heterocycles. The maximum atomic E-state index is 13.5. The summed E-state index contributed by atoms with van der Waals surface area (Å²) in [6.45, 7) is 4.03. The van der Waals surface area contributed by atoms with Gasteiger partial charge in [0.25, 0.3) is 0 Å². The van der Waals surface area contributed by atoms with E-state index < -0.39 is 0 Å². The van der Waals surface area contributed by atoms with E-state index in [1.54, 1.807) is 11.0 Å². The van der Waals surface area contributed by atoms with Gasteiger partial charge < -0.3 is 0 Å². The molecule has 0 aliphatic carbocycles. The molecular formula is C17H16FNOS. The zero-order chi connectivity index (χ0) is 15.0. The van der Waals surface area contributed by atoms with Gasteiger partial charge in [-0.1, -0.05) is 18.2 Å². The van der Waals surface area contributed by atoms with Crippen LogP contribution in [0.15, 0.2) is 42.5 Å². The van der Waals surface area contributed by atoms with E-state index in [1.807, 2.05) is 32.0 Å². The Balaban J connectivity index is 2.03. The van der Waals surface area contributed by atoms with Gasteiger partial charge in [0, 0.05) is 5.69 Å². The SMILES string of the molecule is Cc1cc(C)cc(N2C(=O)CS[C@@H]2c2cccc(F)c2)c1. The molecule has 3 rings (SSSR count). The highest BCUT2D eigenvalue weighted by molar-refractivity contribution is 8.00. The van der Waals surface area contributed by atoms with Crippen LogP contribution < -0.4 is 4.90 Å². The normalized spacial score (nSPS) is 18.3. The molecule has 1 fully saturated rings. The second-order valence-corrected chi connectivity index (χ2v) is 6.40. The minimum Gasteiger partial charge on any atom is -0.295 e. The first-order valence-corrected chi connectivity index (χ1v) is 7.87. The fraction of sp³-hybridized carbons (Fsp3) is 0.235. The minimum atomic E-state index is -0.271. The zero-order valence-electron chi connectivity index (χ0n) is 12.0. The molecule has 1 aliphatic rings. The van der Waals surface area contributed by atoms with Crippen LogP contribution in [0, 0.1) is 19.7 Å². The molecule has 1 saturated heterocycles. The fourth-order valence-electron chi connectivity index (χ4n) is 2.70. The van der Waals surface area contributed by atoms with Gasteiger partial charge in [-0.15, -0.1) is 11.8 Å². The summed E-state index contributed by atoms with van der Waals surface area (Å²) >= 11 is 1.54. The van der Waals surface area contributed by atoms with Gasteiger partial charge in [-0.3, -0.25) is 9.69 Å². The Morgan fingerprint density at radius 1 is 1.14 bits per heavy atom. The van der Waals surface area contributed by atoms with Crippen molar-refractivity contribution in [3.8, 4) is 0 Å². The predicted molar refractivity (Wildman–Crippen MR) is 85.0 cm³/mol. The summed E-state index contributed by atoms with van der Waals surface area (Å²) in [4.78, 5) is 14.1. The highest BCUT2D eigenvalue weighted by atomic mass is 32.2. The first-order chi connectivity index (χ1) is 10.0. The van der Waals surface area contributed by atoms with Gasteiger partial charge in [0.2, 0.25) is 5.91 Å². The van der Waals surface area contributed by atoms with E-state index in [9.17, 15) is 9.18 Å². The smallest absolute Gasteiger partial charge is 0.238 e. The Labute approximate surface area is 128 Å². The molecule has 0 bridgehead atoms. The summed E-state index contributed by atoms with van der Waals surface area (Å²) < 4.78 is 13.5. The van der Waals surface area contributed by atoms with Crippen LogP contribution in [0.5, 0.6) is 0 Å². The molecule has 0 spiro atoms. The van der Waals surface area contributed by atoms with E-state index in [-0.39, 0.29) is 17.1 Å². The van der Waals surface area contributed by atoms with Crippen LogP contribution >= 0.6 is 11.8 Å². The number of carbonyl (C=O) groups excluding carboxylic acids is 1. The number of halogens is 1. The molecule has 0 radical (unpaired) electrons. The Morgan fingerprint density at radius 3 is 2.52 bits per heavy atom. The summed E-state index contributed by atoms with van der Waals surface area (Å²) in [6.07, 6.45) is 0. The molecule has 0 aromatic heterocycles. The van der Waals surface area contributed by atoms with Gasteiger partial charge in [0.1, 0.15) is 11.2 Å². The average molecular weight is 301 g/mol. The largest absolute Gasteiger partial charge is 0.295 e. The number of thioether (sulfide) groups is 1. The quantitative estimate of drug-likeness (QED) is 0.827. The number of hydrogen-bond donors (Lipinski definition) is 0. The molecule has 2 aromatic carbocycles. The summed E-state index contributed by atoms with van der Waals surface area (Å²) in [7, 11) is 0. The first-order valence-electron chi connectivity index (χ1n) is 6.82. The lowest BCUT2D eigenvalue weighted by atomic mass is 10.1. The van der Waals surface area contributed by atoms with Gasteiger partial charge in [0.05, 0.1) is 5.75 Å². The van der Waals surface area contributed by atoms with Crippen molar-refractivity contribution in [1.29, 1.82) is 0 Å². The Hall–Kier alpha value is -1.81. The third-order valence-corrected chi connectivity index (χ3v) is 4.70. The Kier molecular flexibility index (Phi) is 3.72. The van der Waals surface area contributed by atoms with Crippen molar-refractivity contribution in [2.75, 3.05) is 10.7 Å². The predicted octanol–water partition coefficient (Wildman–Crippen LogP) is 4.22. The Bertz CT molecular complexity index is 681. The van der Waals surface area contributed by atoms with Crippen molar-refractivity contribution >= 4 is 23.4 Å². The lowest BCUT2D eigenvalue weighted by Crippen LogP contribution is -2.28. The van der Waals surface area contributed by atoms with Crippen molar-refractivity contribution in [2.45, 2.75) is 19.2 Å². The molecule has 0 saturated carbocycles. The lowest BCUT2D eigenvalue weighted by Gasteiger charge is -2.25. The number of benzene rings is 2. The summed E-state index contributed by atoms with van der Waals surface area (Å²) in [6, 6.07) is 12.6. The molecule has 0 N–H and O–H groups in total. The molecule has 4 heteroatoms. The van der Waals surface area contributed by atoms with Crippen LogP contribution in [0.25, 0.3) is 0 Å². The second kappa shape index (κ2) is 5.53. The van der Waals surface area contributed by atoms with E-state index >= 15 is 0 Å². The molecule has 2 aromatic rings. The van der Waals surface area contributed by atoms with Crippen molar-refractivity contribution in [3.63, 3.8) is 0 Å². The monoisotopic (exact) mass is 301 g/mol. The topological polar surface area (TPSA) is 20.3 Å². The summed E-state index contributed by atoms with van der Waals surface area (Å²) in [5.41, 5.74) is 3.95. The molecular weight excluding hydrogens is 285 g/mol. The highest BCUT2D eigenvalue weighted by Gasteiger charge is 2.34. The number of nitrogens with zero attached hydrogens (tertiary/aromatic N) is 1. The van der Waals surface area contributed by atoms with Crippen LogP contribution in [0.1, 0.15) is 22.1 Å². The number of aryl methyl sites for hydroxylation is 2. The van der Waals surface area contributed by atoms with Gasteiger partial charge in [0.15, 0.2) is 0 Å². The third-order valence-electron chi connectivity index (χ3n) is 3.49. The molecule has 1 amide bonds. The van der Waals surface area contributed by atoms with Gasteiger partial charge in [-0.05, 0) is 54.8 Å². The van der Waals surface area contributed by atoms with Crippen molar-refractivity contribution in [3.05, 3.63) is 65.0 Å². The standard InChI is InChI=1S/C17H16FNOS/c1-11-6-12(2)8-15(7-11)19-16(20)10-21-17(19)13-4-3-5-14(18)9-13/h3-9,17H,10H2,1-2H3/t17-/m1/s1. The van der Waals surface area contributed by atoms with Crippen molar-refractivity contribution in [1.82, 2.24) is 0 Å². The molecule has 2 nitrogen and oxygen atoms in total. The number of anilines is 1. The summed E-state index contributed by atoms with van der Waals surface area (Å²) in [5.74, 6) is 0.223. The zero-order valence-corrected chi connectivity index (χ0v) is 12.8. The van der Waals surface area contributed by atoms with Crippen LogP contribution in [0.2, 0.25) is 0 Å². The Morgan fingerprint density at radius 2 is 1.86 bits per heavy atom. The fourth-order valence-corrected chi connectivity index (χ4v) is 3.87. The molecule has 21 heavy (non-hydrogen) atoms. The van der Waals surface area contributed by atoms with E-state index in [0.29, 0.717) is 5.75 Å². The van der Waals surface area contributed by atoms with Crippen LogP contribution in [0.4, 0.5) is 10.1 Å². The maximum Gasteiger partial charge on any atom is 0.238 e. The van der Waals surface area contributed by atoms with Crippen LogP contribution in [-0.4, -0.2) is 11.7 Å². The van der Waals surface area contributed by atoms with Crippen LogP contribution in [-0.2, 0) is 4.79 Å². The number of carbonyl (C=O) groups is 1. The van der Waals surface area contributed by atoms with Gasteiger partial charge >= 0.3 is 0 Å². The minimum absolute atomic E-state index is 0.0688. The molecule has 0 unspecified atom stereocenters. The second-order valence-electron chi connectivity index (χ2n) is 5.33. The highest BCUT2D eigenvalue weighted by Crippen LogP contribution is 2.42. The van der Waals surface area contributed by atoms with Gasteiger partial charge in [-0.2, -0.15) is 0 Å². The van der Waals surface area contributed by atoms with E-state index in [2.05, 4.69) is 6.07 Å². The lowest BCUT2D eigenvalue weighted by molar-refractivity contribution is -0.115. The maximum absolute atomic E-state index is 13.5.